The van der Waals surface area contributed by atoms with Crippen LogP contribution in [0.3, 0.4) is 0 Å². The third-order valence-corrected chi connectivity index (χ3v) is 2.33. The van der Waals surface area contributed by atoms with Crippen molar-refractivity contribution in [1.82, 2.24) is 0 Å². The van der Waals surface area contributed by atoms with E-state index in [0.29, 0.717) is 0 Å². The van der Waals surface area contributed by atoms with Gasteiger partial charge in [-0.15, -0.1) is 0 Å². The highest BCUT2D eigenvalue weighted by atomic mass is 16.5. The molecule has 1 aromatic carbocycles. The van der Waals surface area contributed by atoms with Crippen molar-refractivity contribution >= 4 is 5.71 Å². The molecule has 0 unspecified atom stereocenters. The van der Waals surface area contributed by atoms with Gasteiger partial charge in [0.05, 0.1) is 26.5 Å². The number of hydrogen-bond donors (Lipinski definition) is 0. The van der Waals surface area contributed by atoms with E-state index in [0.717, 1.165) is 29.3 Å². The lowest BCUT2D eigenvalue weighted by molar-refractivity contribution is 0.402. The summed E-state index contributed by atoms with van der Waals surface area (Å²) in [6.45, 7) is 0.746. The Morgan fingerprint density at radius 1 is 1.20 bits per heavy atom. The molecule has 0 aromatic heterocycles. The van der Waals surface area contributed by atoms with Crippen LogP contribution in [0.25, 0.3) is 0 Å². The summed E-state index contributed by atoms with van der Waals surface area (Å²) in [6, 6.07) is 5.71. The molecule has 2 rings (SSSR count). The molecule has 0 radical (unpaired) electrons. The summed E-state index contributed by atoms with van der Waals surface area (Å²) in [6.07, 6.45) is 4.02. The molecule has 0 saturated heterocycles. The van der Waals surface area contributed by atoms with E-state index in [4.69, 9.17) is 9.47 Å². The second-order valence-electron chi connectivity index (χ2n) is 3.19. The van der Waals surface area contributed by atoms with Gasteiger partial charge in [0, 0.05) is 5.56 Å². The lowest BCUT2D eigenvalue weighted by Gasteiger charge is -2.09. The van der Waals surface area contributed by atoms with Crippen molar-refractivity contribution in [3.8, 4) is 11.5 Å². The average molecular weight is 203 g/mol. The van der Waals surface area contributed by atoms with E-state index in [1.165, 1.54) is 0 Å². The fourth-order valence-corrected chi connectivity index (χ4v) is 1.56. The molecule has 0 atom stereocenters. The van der Waals surface area contributed by atoms with Gasteiger partial charge in [0.2, 0.25) is 0 Å². The first-order chi connectivity index (χ1) is 7.35. The van der Waals surface area contributed by atoms with Crippen LogP contribution in [0.15, 0.2) is 35.3 Å². The maximum absolute atomic E-state index is 5.29. The molecule has 0 saturated carbocycles. The van der Waals surface area contributed by atoms with E-state index in [-0.39, 0.29) is 0 Å². The van der Waals surface area contributed by atoms with Gasteiger partial charge >= 0.3 is 0 Å². The summed E-state index contributed by atoms with van der Waals surface area (Å²) in [5.41, 5.74) is 1.93. The van der Waals surface area contributed by atoms with Gasteiger partial charge in [-0.05, 0) is 24.3 Å². The first-order valence-electron chi connectivity index (χ1n) is 4.78. The number of rotatable bonds is 3. The van der Waals surface area contributed by atoms with Crippen LogP contribution in [-0.2, 0) is 0 Å². The van der Waals surface area contributed by atoms with Gasteiger partial charge in [0.1, 0.15) is 11.5 Å². The number of benzene rings is 1. The zero-order valence-corrected chi connectivity index (χ0v) is 8.86. The van der Waals surface area contributed by atoms with Crippen molar-refractivity contribution in [3.63, 3.8) is 0 Å². The fourth-order valence-electron chi connectivity index (χ4n) is 1.56. The molecule has 15 heavy (non-hydrogen) atoms. The monoisotopic (exact) mass is 203 g/mol. The second kappa shape index (κ2) is 4.17. The number of hydrogen-bond acceptors (Lipinski definition) is 3. The third-order valence-electron chi connectivity index (χ3n) is 2.33. The van der Waals surface area contributed by atoms with Crippen LogP contribution in [0.4, 0.5) is 0 Å². The average Bonchev–Trinajstić information content (AvgIpc) is 2.81. The van der Waals surface area contributed by atoms with Crippen LogP contribution >= 0.6 is 0 Å². The normalized spacial score (nSPS) is 13.9. The Labute approximate surface area is 89.0 Å². The SMILES string of the molecule is COc1ccc(OC)c(C2=NCC=C2)c1. The molecule has 1 aromatic rings. The zero-order chi connectivity index (χ0) is 10.7. The minimum atomic E-state index is 0.746. The zero-order valence-electron chi connectivity index (χ0n) is 8.86. The Bertz CT molecular complexity index is 422. The number of ether oxygens (including phenoxy) is 2. The summed E-state index contributed by atoms with van der Waals surface area (Å²) < 4.78 is 10.5. The smallest absolute Gasteiger partial charge is 0.128 e. The summed E-state index contributed by atoms with van der Waals surface area (Å²) >= 11 is 0. The Hall–Kier alpha value is -1.77. The standard InChI is InChI=1S/C12H13NO2/c1-14-9-5-6-12(15-2)10(8-9)11-4-3-7-13-11/h3-6,8H,7H2,1-2H3. The van der Waals surface area contributed by atoms with E-state index in [1.807, 2.05) is 30.4 Å². The van der Waals surface area contributed by atoms with Crippen LogP contribution in [0.5, 0.6) is 11.5 Å². The van der Waals surface area contributed by atoms with Gasteiger partial charge in [-0.3, -0.25) is 4.99 Å². The van der Waals surface area contributed by atoms with Gasteiger partial charge in [0.25, 0.3) is 0 Å². The molecule has 1 aliphatic rings. The Kier molecular flexibility index (Phi) is 2.72. The summed E-state index contributed by atoms with van der Waals surface area (Å²) in [7, 11) is 3.31. The quantitative estimate of drug-likeness (QED) is 0.752. The van der Waals surface area contributed by atoms with E-state index >= 15 is 0 Å². The molecule has 1 aliphatic heterocycles. The highest BCUT2D eigenvalue weighted by molar-refractivity contribution is 6.11. The molecular formula is C12H13NO2. The summed E-state index contributed by atoms with van der Waals surface area (Å²) in [4.78, 5) is 4.36. The lowest BCUT2D eigenvalue weighted by atomic mass is 10.1. The maximum atomic E-state index is 5.29. The molecule has 0 amide bonds. The molecule has 0 bridgehead atoms. The first kappa shape index (κ1) is 9.77. The largest absolute Gasteiger partial charge is 0.497 e. The Morgan fingerprint density at radius 3 is 2.67 bits per heavy atom. The van der Waals surface area contributed by atoms with Crippen LogP contribution in [-0.4, -0.2) is 26.5 Å². The fraction of sp³-hybridized carbons (Fsp3) is 0.250. The molecule has 1 heterocycles. The van der Waals surface area contributed by atoms with Gasteiger partial charge in [-0.2, -0.15) is 0 Å². The highest BCUT2D eigenvalue weighted by Gasteiger charge is 2.11. The van der Waals surface area contributed by atoms with Crippen molar-refractivity contribution in [2.75, 3.05) is 20.8 Å². The van der Waals surface area contributed by atoms with Gasteiger partial charge in [-0.25, -0.2) is 0 Å². The molecule has 3 nitrogen and oxygen atoms in total. The molecule has 3 heteroatoms. The van der Waals surface area contributed by atoms with Crippen LogP contribution in [0.2, 0.25) is 0 Å². The van der Waals surface area contributed by atoms with E-state index < -0.39 is 0 Å². The van der Waals surface area contributed by atoms with E-state index in [1.54, 1.807) is 14.2 Å². The minimum absolute atomic E-state index is 0.746. The first-order valence-corrected chi connectivity index (χ1v) is 4.78. The number of nitrogens with zero attached hydrogens (tertiary/aromatic N) is 1. The van der Waals surface area contributed by atoms with Crippen molar-refractivity contribution in [1.29, 1.82) is 0 Å². The number of aliphatic imine (C=N–C) groups is 1. The maximum Gasteiger partial charge on any atom is 0.128 e. The predicted molar refractivity (Wildman–Crippen MR) is 60.1 cm³/mol. The second-order valence-corrected chi connectivity index (χ2v) is 3.19. The van der Waals surface area contributed by atoms with Gasteiger partial charge in [-0.1, -0.05) is 6.08 Å². The molecule has 0 N–H and O–H groups in total. The van der Waals surface area contributed by atoms with Crippen LogP contribution in [0.1, 0.15) is 5.56 Å². The number of methoxy groups -OCH3 is 2. The Morgan fingerprint density at radius 2 is 2.07 bits per heavy atom. The van der Waals surface area contributed by atoms with Gasteiger partial charge in [0.15, 0.2) is 0 Å². The topological polar surface area (TPSA) is 30.8 Å². The predicted octanol–water partition coefficient (Wildman–Crippen LogP) is 2.06. The molecule has 0 spiro atoms. The van der Waals surface area contributed by atoms with Crippen molar-refractivity contribution in [2.24, 2.45) is 4.99 Å². The van der Waals surface area contributed by atoms with Gasteiger partial charge < -0.3 is 9.47 Å². The summed E-state index contributed by atoms with van der Waals surface area (Å²) in [5.74, 6) is 1.63. The van der Waals surface area contributed by atoms with Crippen LogP contribution < -0.4 is 9.47 Å². The van der Waals surface area contributed by atoms with Crippen LogP contribution in [0, 0.1) is 0 Å². The molecule has 0 fully saturated rings. The Balaban J connectivity index is 2.46. The lowest BCUT2D eigenvalue weighted by Crippen LogP contribution is -1.99. The molecule has 0 aliphatic carbocycles. The number of allylic oxidation sites excluding steroid dienone is 1. The van der Waals surface area contributed by atoms with E-state index in [2.05, 4.69) is 4.99 Å². The molecular weight excluding hydrogens is 190 g/mol. The van der Waals surface area contributed by atoms with Crippen molar-refractivity contribution in [3.05, 3.63) is 35.9 Å². The summed E-state index contributed by atoms with van der Waals surface area (Å²) in [5, 5.41) is 0. The van der Waals surface area contributed by atoms with Crippen molar-refractivity contribution < 1.29 is 9.47 Å². The van der Waals surface area contributed by atoms with Crippen molar-refractivity contribution in [2.45, 2.75) is 0 Å². The minimum Gasteiger partial charge on any atom is -0.497 e. The molecule has 78 valence electrons. The van der Waals surface area contributed by atoms with E-state index in [9.17, 15) is 0 Å². The highest BCUT2D eigenvalue weighted by Crippen LogP contribution is 2.25. The third kappa shape index (κ3) is 1.86.